The average molecular weight is 271 g/mol. The first-order valence-corrected chi connectivity index (χ1v) is 6.94. The lowest BCUT2D eigenvalue weighted by Crippen LogP contribution is -2.43. The van der Waals surface area contributed by atoms with Gasteiger partial charge in [-0.3, -0.25) is 0 Å². The molecule has 92 valence electrons. The van der Waals surface area contributed by atoms with Crippen molar-refractivity contribution in [2.24, 2.45) is 0 Å². The van der Waals surface area contributed by atoms with Gasteiger partial charge in [-0.2, -0.15) is 0 Å². The molecule has 0 amide bonds. The van der Waals surface area contributed by atoms with Gasteiger partial charge >= 0.3 is 0 Å². The van der Waals surface area contributed by atoms with E-state index in [2.05, 4.69) is 10.6 Å². The molecule has 2 aliphatic heterocycles. The topological polar surface area (TPSA) is 24.1 Å². The molecule has 1 aromatic rings. The Hall–Kier alpha value is -0.440. The SMILES string of the molecule is Clc1cccc(Cl)c1NC1CC2CCC(C1)N2. The van der Waals surface area contributed by atoms with E-state index >= 15 is 0 Å². The highest BCUT2D eigenvalue weighted by atomic mass is 35.5. The van der Waals surface area contributed by atoms with Crippen molar-refractivity contribution < 1.29 is 0 Å². The van der Waals surface area contributed by atoms with Gasteiger partial charge in [0.2, 0.25) is 0 Å². The van der Waals surface area contributed by atoms with Crippen molar-refractivity contribution >= 4 is 28.9 Å². The molecular formula is C13H16Cl2N2. The van der Waals surface area contributed by atoms with E-state index < -0.39 is 0 Å². The van der Waals surface area contributed by atoms with Crippen molar-refractivity contribution in [3.8, 4) is 0 Å². The summed E-state index contributed by atoms with van der Waals surface area (Å²) in [5, 5.41) is 8.57. The molecule has 1 aromatic carbocycles. The van der Waals surface area contributed by atoms with Gasteiger partial charge in [0.15, 0.2) is 0 Å². The molecule has 2 fully saturated rings. The Morgan fingerprint density at radius 1 is 1.06 bits per heavy atom. The van der Waals surface area contributed by atoms with Crippen molar-refractivity contribution in [1.82, 2.24) is 5.32 Å². The number of halogens is 2. The number of piperidine rings is 1. The minimum Gasteiger partial charge on any atom is -0.380 e. The van der Waals surface area contributed by atoms with Crippen molar-refractivity contribution in [3.63, 3.8) is 0 Å². The van der Waals surface area contributed by atoms with Gasteiger partial charge in [-0.05, 0) is 37.8 Å². The molecule has 0 radical (unpaired) electrons. The summed E-state index contributed by atoms with van der Waals surface area (Å²) in [6.45, 7) is 0. The fourth-order valence-corrected chi connectivity index (χ4v) is 3.52. The van der Waals surface area contributed by atoms with Crippen molar-refractivity contribution in [1.29, 1.82) is 0 Å². The first-order chi connectivity index (χ1) is 8.22. The largest absolute Gasteiger partial charge is 0.380 e. The van der Waals surface area contributed by atoms with E-state index in [-0.39, 0.29) is 0 Å². The molecule has 17 heavy (non-hydrogen) atoms. The lowest BCUT2D eigenvalue weighted by molar-refractivity contribution is 0.378. The van der Waals surface area contributed by atoms with Crippen LogP contribution in [0.15, 0.2) is 18.2 Å². The maximum atomic E-state index is 6.17. The zero-order chi connectivity index (χ0) is 11.8. The Morgan fingerprint density at radius 3 is 2.24 bits per heavy atom. The Balaban J connectivity index is 1.74. The van der Waals surface area contributed by atoms with Crippen molar-refractivity contribution in [2.75, 3.05) is 5.32 Å². The van der Waals surface area contributed by atoms with Crippen LogP contribution < -0.4 is 10.6 Å². The minimum absolute atomic E-state index is 0.492. The molecule has 0 aliphatic carbocycles. The van der Waals surface area contributed by atoms with Crippen LogP contribution in [0.4, 0.5) is 5.69 Å². The number of anilines is 1. The predicted molar refractivity (Wildman–Crippen MR) is 73.1 cm³/mol. The maximum absolute atomic E-state index is 6.17. The van der Waals surface area contributed by atoms with Gasteiger partial charge in [0.1, 0.15) is 0 Å². The van der Waals surface area contributed by atoms with Crippen LogP contribution in [0.25, 0.3) is 0 Å². The normalized spacial score (nSPS) is 31.5. The zero-order valence-electron chi connectivity index (χ0n) is 9.55. The molecule has 2 bridgehead atoms. The summed E-state index contributed by atoms with van der Waals surface area (Å²) in [4.78, 5) is 0. The molecule has 2 heterocycles. The molecule has 2 unspecified atom stereocenters. The summed E-state index contributed by atoms with van der Waals surface area (Å²) in [7, 11) is 0. The van der Waals surface area contributed by atoms with Crippen LogP contribution in [-0.2, 0) is 0 Å². The summed E-state index contributed by atoms with van der Waals surface area (Å²) in [5.74, 6) is 0. The third-order valence-corrected chi connectivity index (χ3v) is 4.41. The number of rotatable bonds is 2. The predicted octanol–water partition coefficient (Wildman–Crippen LogP) is 3.69. The standard InChI is InChI=1S/C13H16Cl2N2/c14-11-2-1-3-12(15)13(11)17-10-6-8-4-5-9(7-10)16-8/h1-3,8-10,16-17H,4-7H2. The third-order valence-electron chi connectivity index (χ3n) is 3.78. The molecule has 3 rings (SSSR count). The van der Waals surface area contributed by atoms with Crippen LogP contribution >= 0.6 is 23.2 Å². The lowest BCUT2D eigenvalue weighted by Gasteiger charge is -2.31. The Kier molecular flexibility index (Phi) is 3.20. The number of hydrogen-bond acceptors (Lipinski definition) is 2. The summed E-state index contributed by atoms with van der Waals surface area (Å²) < 4.78 is 0. The fourth-order valence-electron chi connectivity index (χ4n) is 3.01. The monoisotopic (exact) mass is 270 g/mol. The van der Waals surface area contributed by atoms with E-state index in [0.717, 1.165) is 18.5 Å². The van der Waals surface area contributed by atoms with E-state index in [0.29, 0.717) is 28.2 Å². The Bertz CT molecular complexity index is 390. The van der Waals surface area contributed by atoms with E-state index in [1.807, 2.05) is 18.2 Å². The van der Waals surface area contributed by atoms with Crippen LogP contribution in [0, 0.1) is 0 Å². The van der Waals surface area contributed by atoms with Crippen molar-refractivity contribution in [3.05, 3.63) is 28.2 Å². The molecule has 0 spiro atoms. The molecular weight excluding hydrogens is 255 g/mol. The van der Waals surface area contributed by atoms with Gasteiger partial charge < -0.3 is 10.6 Å². The summed E-state index contributed by atoms with van der Waals surface area (Å²) in [6, 6.07) is 7.48. The van der Waals surface area contributed by atoms with Crippen LogP contribution in [0.2, 0.25) is 10.0 Å². The van der Waals surface area contributed by atoms with Gasteiger partial charge in [0.05, 0.1) is 15.7 Å². The number of fused-ring (bicyclic) bond motifs is 2. The first-order valence-electron chi connectivity index (χ1n) is 6.19. The molecule has 2 nitrogen and oxygen atoms in total. The van der Waals surface area contributed by atoms with Gasteiger partial charge in [-0.25, -0.2) is 0 Å². The van der Waals surface area contributed by atoms with E-state index in [1.54, 1.807) is 0 Å². The van der Waals surface area contributed by atoms with Crippen LogP contribution in [0.3, 0.4) is 0 Å². The molecule has 2 atom stereocenters. The number of nitrogens with one attached hydrogen (secondary N) is 2. The molecule has 2 N–H and O–H groups in total. The van der Waals surface area contributed by atoms with Gasteiger partial charge in [0.25, 0.3) is 0 Å². The second-order valence-electron chi connectivity index (χ2n) is 5.05. The summed E-state index contributed by atoms with van der Waals surface area (Å²) in [5.41, 5.74) is 0.891. The summed E-state index contributed by atoms with van der Waals surface area (Å²) >= 11 is 12.3. The zero-order valence-corrected chi connectivity index (χ0v) is 11.1. The molecule has 4 heteroatoms. The number of hydrogen-bond donors (Lipinski definition) is 2. The Morgan fingerprint density at radius 2 is 1.65 bits per heavy atom. The molecule has 0 saturated carbocycles. The second-order valence-corrected chi connectivity index (χ2v) is 5.86. The van der Waals surface area contributed by atoms with Crippen LogP contribution in [0.5, 0.6) is 0 Å². The second kappa shape index (κ2) is 4.68. The van der Waals surface area contributed by atoms with E-state index in [1.165, 1.54) is 12.8 Å². The smallest absolute Gasteiger partial charge is 0.0721 e. The van der Waals surface area contributed by atoms with E-state index in [9.17, 15) is 0 Å². The van der Waals surface area contributed by atoms with Gasteiger partial charge in [-0.1, -0.05) is 29.3 Å². The highest BCUT2D eigenvalue weighted by Gasteiger charge is 2.33. The highest BCUT2D eigenvalue weighted by molar-refractivity contribution is 6.39. The summed E-state index contributed by atoms with van der Waals surface area (Å²) in [6.07, 6.45) is 4.94. The van der Waals surface area contributed by atoms with Gasteiger partial charge in [-0.15, -0.1) is 0 Å². The van der Waals surface area contributed by atoms with Crippen LogP contribution in [0.1, 0.15) is 25.7 Å². The maximum Gasteiger partial charge on any atom is 0.0721 e. The minimum atomic E-state index is 0.492. The Labute approximate surface area is 112 Å². The van der Waals surface area contributed by atoms with E-state index in [4.69, 9.17) is 23.2 Å². The van der Waals surface area contributed by atoms with Crippen LogP contribution in [-0.4, -0.2) is 18.1 Å². The number of benzene rings is 1. The molecule has 0 aromatic heterocycles. The lowest BCUT2D eigenvalue weighted by atomic mass is 9.99. The highest BCUT2D eigenvalue weighted by Crippen LogP contribution is 2.34. The van der Waals surface area contributed by atoms with Gasteiger partial charge in [0, 0.05) is 18.1 Å². The fraction of sp³-hybridized carbons (Fsp3) is 0.538. The number of para-hydroxylation sites is 1. The quantitative estimate of drug-likeness (QED) is 0.857. The third kappa shape index (κ3) is 2.40. The first kappa shape index (κ1) is 11.6. The molecule has 2 aliphatic rings. The average Bonchev–Trinajstić information content (AvgIpc) is 2.64. The molecule has 2 saturated heterocycles. The van der Waals surface area contributed by atoms with Crippen molar-refractivity contribution in [2.45, 2.75) is 43.8 Å².